The minimum atomic E-state index is -2.95. The first-order valence-corrected chi connectivity index (χ1v) is 25.0. The van der Waals surface area contributed by atoms with E-state index in [1.807, 2.05) is 30.0 Å². The molecule has 3 unspecified atom stereocenters. The number of benzene rings is 2. The molecule has 18 nitrogen and oxygen atoms in total. The lowest BCUT2D eigenvalue weighted by Gasteiger charge is -2.27. The van der Waals surface area contributed by atoms with Gasteiger partial charge in [0.15, 0.2) is 0 Å². The average Bonchev–Trinajstić information content (AvgIpc) is 1.77. The van der Waals surface area contributed by atoms with E-state index in [1.54, 1.807) is 23.2 Å². The number of rotatable bonds is 12. The highest BCUT2D eigenvalue weighted by Gasteiger charge is 2.31. The van der Waals surface area contributed by atoms with Gasteiger partial charge in [0.05, 0.1) is 59.1 Å². The van der Waals surface area contributed by atoms with Crippen LogP contribution in [0.3, 0.4) is 0 Å². The van der Waals surface area contributed by atoms with Gasteiger partial charge in [-0.1, -0.05) is 25.3 Å². The molecule has 10 rings (SSSR count). The van der Waals surface area contributed by atoms with Gasteiger partial charge in [0.1, 0.15) is 34.7 Å². The molecular weight excluding hydrogens is 941 g/mol. The second-order valence-electron chi connectivity index (χ2n) is 18.4. The Morgan fingerprint density at radius 1 is 0.730 bits per heavy atom. The molecule has 388 valence electrons. The third kappa shape index (κ3) is 12.1. The van der Waals surface area contributed by atoms with E-state index >= 15 is 0 Å². The molecule has 2 aromatic carbocycles. The van der Waals surface area contributed by atoms with Crippen LogP contribution >= 0.6 is 0 Å². The summed E-state index contributed by atoms with van der Waals surface area (Å²) in [6.45, 7) is 8.57. The van der Waals surface area contributed by atoms with Crippen molar-refractivity contribution in [3.05, 3.63) is 121 Å². The maximum absolute atomic E-state index is 13.8. The Balaban J connectivity index is 0.000000207. The second kappa shape index (κ2) is 24.1. The van der Waals surface area contributed by atoms with Gasteiger partial charge in [0.2, 0.25) is 23.7 Å². The third-order valence-corrected chi connectivity index (χ3v) is 13.4. The molecule has 8 heterocycles. The fraction of sp³-hybridized carbons (Fsp3) is 0.429. The Morgan fingerprint density at radius 2 is 1.35 bits per heavy atom. The predicted octanol–water partition coefficient (Wildman–Crippen LogP) is 8.58. The Hall–Kier alpha value is -7.44. The Bertz CT molecular complexity index is 3500. The van der Waals surface area contributed by atoms with Gasteiger partial charge in [-0.2, -0.15) is 0 Å². The van der Waals surface area contributed by atoms with Crippen LogP contribution in [-0.2, 0) is 19.1 Å². The molecule has 2 N–H and O–H groups in total. The fourth-order valence-corrected chi connectivity index (χ4v) is 9.73. The maximum atomic E-state index is 13.8. The summed E-state index contributed by atoms with van der Waals surface area (Å²) >= 11 is 0. The van der Waals surface area contributed by atoms with Crippen LogP contribution in [0.15, 0.2) is 98.2 Å². The van der Waals surface area contributed by atoms with Gasteiger partial charge in [-0.05, 0) is 113 Å². The fourth-order valence-electron chi connectivity index (χ4n) is 9.73. The summed E-state index contributed by atoms with van der Waals surface area (Å²) < 4.78 is 109. The van der Waals surface area contributed by atoms with Crippen LogP contribution in [-0.4, -0.2) is 127 Å². The zero-order valence-electron chi connectivity index (χ0n) is 51.3. The number of hydrogen-bond donors (Lipinski definition) is 2. The number of nitrogens with one attached hydrogen (secondary N) is 2. The molecule has 4 aliphatic heterocycles. The SMILES string of the molecule is C=CC(=O)N1CCCCC(n2c(NC(=O)c3ccnc(C)c3)nc3cccc(OC4CCOCC4)c32)C1.[2H]c1nc(C([2H])([2H])[2H])c([2H])c(C(=O)Nc2nc3c([2H])c([2H])c([2H])c(OC4CCOC([2H])C4)c3n2[C@@H]2CCCCN(C(=O)C=C)C2)c1[2H]. The molecule has 18 heteroatoms. The summed E-state index contributed by atoms with van der Waals surface area (Å²) in [4.78, 5) is 72.8. The lowest BCUT2D eigenvalue weighted by Crippen LogP contribution is -2.34. The molecule has 0 radical (unpaired) electrons. The lowest BCUT2D eigenvalue weighted by atomic mass is 10.1. The van der Waals surface area contributed by atoms with Crippen LogP contribution in [0.25, 0.3) is 22.1 Å². The molecule has 74 heavy (non-hydrogen) atoms. The van der Waals surface area contributed by atoms with Crippen LogP contribution in [0.5, 0.6) is 11.5 Å². The average molecular weight is 1020 g/mol. The van der Waals surface area contributed by atoms with E-state index in [-0.39, 0.29) is 72.2 Å². The van der Waals surface area contributed by atoms with Gasteiger partial charge in [-0.25, -0.2) is 9.97 Å². The van der Waals surface area contributed by atoms with E-state index in [9.17, 15) is 19.2 Å². The summed E-state index contributed by atoms with van der Waals surface area (Å²) in [6, 6.07) is 5.54. The van der Waals surface area contributed by atoms with E-state index in [0.717, 1.165) is 54.6 Å². The summed E-state index contributed by atoms with van der Waals surface area (Å²) in [5, 5.41) is 5.56. The Morgan fingerprint density at radius 3 is 2.00 bits per heavy atom. The van der Waals surface area contributed by atoms with Crippen molar-refractivity contribution < 1.29 is 51.8 Å². The highest BCUT2D eigenvalue weighted by molar-refractivity contribution is 6.05. The van der Waals surface area contributed by atoms with Crippen molar-refractivity contribution in [2.24, 2.45) is 0 Å². The molecular formula is C56H66N10O8. The zero-order chi connectivity index (χ0) is 60.1. The number of nitrogens with zero attached hydrogens (tertiary/aromatic N) is 8. The molecule has 4 atom stereocenters. The largest absolute Gasteiger partial charge is 0.488 e. The van der Waals surface area contributed by atoms with E-state index in [4.69, 9.17) is 37.6 Å². The molecule has 0 saturated carbocycles. The Kier molecular flexibility index (Phi) is 13.0. The van der Waals surface area contributed by atoms with Crippen molar-refractivity contribution in [3.8, 4) is 11.5 Å². The summed E-state index contributed by atoms with van der Waals surface area (Å²) in [5.74, 6) is -0.999. The minimum Gasteiger partial charge on any atom is -0.488 e. The highest BCUT2D eigenvalue weighted by Crippen LogP contribution is 2.38. The minimum absolute atomic E-state index is 0.0495. The zero-order valence-corrected chi connectivity index (χ0v) is 41.3. The van der Waals surface area contributed by atoms with Crippen LogP contribution in [0, 0.1) is 13.8 Å². The molecule has 4 amide bonds. The van der Waals surface area contributed by atoms with Crippen LogP contribution < -0.4 is 20.1 Å². The third-order valence-electron chi connectivity index (χ3n) is 13.4. The maximum Gasteiger partial charge on any atom is 0.258 e. The standard InChI is InChI=1S/2C28H33N5O4/c2*1-3-25(34)32-14-5-4-7-21(18-32)33-26-23(8-6-9-24(26)37-22-11-15-36-16-12-22)30-28(33)31-27(35)20-10-13-29-19(2)17-20/h2*3,6,8-10,13,17,21-22H,1,4-5,7,11-12,14-16,18H2,2H3,(H,30,31,35)/t21-;/m1./s1/i2D3,6D,8D,9D,10D,13D,15D,17D;/t15?,21-,22?;. The molecule has 4 aromatic heterocycles. The summed E-state index contributed by atoms with van der Waals surface area (Å²) in [7, 11) is 0. The Labute approximate surface area is 445 Å². The highest BCUT2D eigenvalue weighted by atomic mass is 16.5. The number of para-hydroxylation sites is 2. The van der Waals surface area contributed by atoms with Crippen LogP contribution in [0.4, 0.5) is 11.9 Å². The molecule has 0 spiro atoms. The first-order chi connectivity index (χ1) is 40.2. The summed E-state index contributed by atoms with van der Waals surface area (Å²) in [5.41, 5.74) is 1.26. The van der Waals surface area contributed by atoms with E-state index in [1.165, 1.54) is 16.7 Å². The number of amides is 4. The van der Waals surface area contributed by atoms with Gasteiger partial charge >= 0.3 is 0 Å². The van der Waals surface area contributed by atoms with E-state index < -0.39 is 79.1 Å². The molecule has 4 fully saturated rings. The van der Waals surface area contributed by atoms with Gasteiger partial charge in [-0.15, -0.1) is 0 Å². The van der Waals surface area contributed by atoms with Gasteiger partial charge < -0.3 is 37.9 Å². The summed E-state index contributed by atoms with van der Waals surface area (Å²) in [6.07, 6.45) is 9.45. The molecule has 6 aromatic rings. The number of likely N-dealkylation sites (tertiary alicyclic amines) is 2. The number of ether oxygens (including phenoxy) is 4. The quantitative estimate of drug-likeness (QED) is 0.111. The van der Waals surface area contributed by atoms with E-state index in [2.05, 4.69) is 43.3 Å². The van der Waals surface area contributed by atoms with E-state index in [0.29, 0.717) is 70.0 Å². The number of imidazole rings is 2. The van der Waals surface area contributed by atoms with Crippen molar-refractivity contribution in [3.63, 3.8) is 0 Å². The monoisotopic (exact) mass is 1020 g/mol. The number of fused-ring (bicyclic) bond motifs is 2. The normalized spacial score (nSPS) is 22.7. The second-order valence-corrected chi connectivity index (χ2v) is 18.4. The van der Waals surface area contributed by atoms with Gasteiger partial charge in [0, 0.05) is 90.9 Å². The number of hydrogen-bond acceptors (Lipinski definition) is 12. The topological polar surface area (TPSA) is 197 Å². The number of pyridine rings is 2. The molecule has 4 aliphatic rings. The van der Waals surface area contributed by atoms with Gasteiger partial charge in [0.25, 0.3) is 11.8 Å². The van der Waals surface area contributed by atoms with Gasteiger partial charge in [-0.3, -0.25) is 39.8 Å². The number of aromatic nitrogens is 6. The first-order valence-electron chi connectivity index (χ1n) is 30.1. The first kappa shape index (κ1) is 40.0. The van der Waals surface area contributed by atoms with Crippen LogP contribution in [0.2, 0.25) is 0 Å². The molecule has 4 saturated heterocycles. The number of aryl methyl sites for hydroxylation is 2. The number of carbonyl (C=O) groups is 4. The van der Waals surface area contributed by atoms with Crippen molar-refractivity contribution in [1.29, 1.82) is 0 Å². The number of carbonyl (C=O) groups excluding carboxylic acids is 4. The van der Waals surface area contributed by atoms with Crippen molar-refractivity contribution in [2.45, 2.75) is 102 Å². The smallest absolute Gasteiger partial charge is 0.258 e. The van der Waals surface area contributed by atoms with Crippen LogP contribution in [0.1, 0.15) is 122 Å². The van der Waals surface area contributed by atoms with Crippen molar-refractivity contribution in [2.75, 3.05) is 63.2 Å². The van der Waals surface area contributed by atoms with Crippen molar-refractivity contribution in [1.82, 2.24) is 38.9 Å². The predicted molar refractivity (Wildman–Crippen MR) is 282 cm³/mol. The molecule has 0 aliphatic carbocycles. The molecule has 0 bridgehead atoms. The van der Waals surface area contributed by atoms with Crippen molar-refractivity contribution >= 4 is 57.6 Å². The lowest BCUT2D eigenvalue weighted by molar-refractivity contribution is -0.127. The number of anilines is 2.